The van der Waals surface area contributed by atoms with E-state index in [4.69, 9.17) is 23.2 Å². The van der Waals surface area contributed by atoms with Crippen molar-refractivity contribution in [3.05, 3.63) is 39.6 Å². The molecule has 0 aliphatic rings. The minimum Gasteiger partial charge on any atom is -0.276 e. The van der Waals surface area contributed by atoms with Gasteiger partial charge in [0.15, 0.2) is 0 Å². The molecule has 0 spiro atoms. The minimum absolute atomic E-state index is 0.0220. The largest absolute Gasteiger partial charge is 0.276 e. The summed E-state index contributed by atoms with van der Waals surface area (Å²) in [6, 6.07) is 4.24. The van der Waals surface area contributed by atoms with Gasteiger partial charge in [-0.25, -0.2) is 8.42 Å². The first-order chi connectivity index (χ1) is 9.22. The number of anilines is 1. The Hall–Kier alpha value is -1.24. The molecule has 0 radical (unpaired) electrons. The first kappa shape index (κ1) is 15.2. The predicted octanol–water partition coefficient (Wildman–Crippen LogP) is 3.14. The molecule has 1 aromatic carbocycles. The number of rotatable bonds is 3. The van der Waals surface area contributed by atoms with Gasteiger partial charge in [0.25, 0.3) is 10.0 Å². The Labute approximate surface area is 127 Å². The van der Waals surface area contributed by atoms with Crippen molar-refractivity contribution in [3.63, 3.8) is 0 Å². The van der Waals surface area contributed by atoms with Gasteiger partial charge >= 0.3 is 0 Å². The average molecular weight is 334 g/mol. The molecule has 1 aromatic heterocycles. The molecule has 0 amide bonds. The maximum Gasteiger partial charge on any atom is 0.263 e. The Morgan fingerprint density at radius 3 is 2.40 bits per heavy atom. The second-order valence-corrected chi connectivity index (χ2v) is 6.84. The fraction of sp³-hybridized carbons (Fsp3) is 0.250. The van der Waals surface area contributed by atoms with E-state index in [-0.39, 0.29) is 9.92 Å². The summed E-state index contributed by atoms with van der Waals surface area (Å²) in [6.07, 6.45) is 0. The van der Waals surface area contributed by atoms with Gasteiger partial charge in [-0.2, -0.15) is 5.10 Å². The quantitative estimate of drug-likeness (QED) is 0.938. The van der Waals surface area contributed by atoms with Gasteiger partial charge in [-0.05, 0) is 32.0 Å². The lowest BCUT2D eigenvalue weighted by atomic mass is 10.3. The van der Waals surface area contributed by atoms with Gasteiger partial charge in [0.1, 0.15) is 4.90 Å². The zero-order valence-corrected chi connectivity index (χ0v) is 13.4. The van der Waals surface area contributed by atoms with Gasteiger partial charge in [-0.15, -0.1) is 0 Å². The Balaban J connectivity index is 2.46. The SMILES string of the molecule is Cc1nn(C)c(C)c1NS(=O)(=O)c1ccc(Cl)cc1Cl. The molecule has 0 bridgehead atoms. The van der Waals surface area contributed by atoms with E-state index in [0.717, 1.165) is 5.69 Å². The van der Waals surface area contributed by atoms with Crippen LogP contribution in [0.2, 0.25) is 10.0 Å². The number of halogens is 2. The summed E-state index contributed by atoms with van der Waals surface area (Å²) in [5.41, 5.74) is 1.77. The molecule has 0 aliphatic heterocycles. The van der Waals surface area contributed by atoms with E-state index in [1.54, 1.807) is 25.6 Å². The third-order valence-electron chi connectivity index (χ3n) is 2.93. The number of nitrogens with one attached hydrogen (secondary N) is 1. The second-order valence-electron chi connectivity index (χ2n) is 4.35. The van der Waals surface area contributed by atoms with Crippen LogP contribution >= 0.6 is 23.2 Å². The van der Waals surface area contributed by atoms with Crippen LogP contribution in [0.15, 0.2) is 23.1 Å². The van der Waals surface area contributed by atoms with Gasteiger partial charge in [0.05, 0.1) is 22.1 Å². The molecular formula is C12H13Cl2N3O2S. The molecule has 0 fully saturated rings. The number of aromatic nitrogens is 2. The topological polar surface area (TPSA) is 64.0 Å². The number of nitrogens with zero attached hydrogens (tertiary/aromatic N) is 2. The van der Waals surface area contributed by atoms with Gasteiger partial charge < -0.3 is 0 Å². The van der Waals surface area contributed by atoms with Crippen molar-refractivity contribution in [1.82, 2.24) is 9.78 Å². The monoisotopic (exact) mass is 333 g/mol. The zero-order valence-electron chi connectivity index (χ0n) is 11.1. The molecule has 0 aliphatic carbocycles. The molecule has 0 saturated heterocycles. The van der Waals surface area contributed by atoms with E-state index < -0.39 is 10.0 Å². The van der Waals surface area contributed by atoms with Crippen molar-refractivity contribution in [2.75, 3.05) is 4.72 Å². The number of benzene rings is 1. The van der Waals surface area contributed by atoms with E-state index in [0.29, 0.717) is 16.4 Å². The van der Waals surface area contributed by atoms with Gasteiger partial charge in [-0.3, -0.25) is 9.40 Å². The normalized spacial score (nSPS) is 11.7. The molecule has 1 N–H and O–H groups in total. The molecule has 0 atom stereocenters. The molecular weight excluding hydrogens is 321 g/mol. The highest BCUT2D eigenvalue weighted by molar-refractivity contribution is 7.92. The van der Waals surface area contributed by atoms with Crippen LogP contribution in [0.4, 0.5) is 5.69 Å². The van der Waals surface area contributed by atoms with Crippen LogP contribution in [0.3, 0.4) is 0 Å². The second kappa shape index (κ2) is 5.27. The summed E-state index contributed by atoms with van der Waals surface area (Å²) in [7, 11) is -2.04. The van der Waals surface area contributed by atoms with Gasteiger partial charge in [0.2, 0.25) is 0 Å². The van der Waals surface area contributed by atoms with E-state index in [1.807, 2.05) is 0 Å². The molecule has 1 heterocycles. The standard InChI is InChI=1S/C12H13Cl2N3O2S/c1-7-12(8(2)17(3)15-7)16-20(18,19)11-5-4-9(13)6-10(11)14/h4-6,16H,1-3H3. The summed E-state index contributed by atoms with van der Waals surface area (Å²) in [4.78, 5) is -0.0220. The van der Waals surface area contributed by atoms with Crippen LogP contribution in [0.5, 0.6) is 0 Å². The highest BCUT2D eigenvalue weighted by atomic mass is 35.5. The summed E-state index contributed by atoms with van der Waals surface area (Å²) in [5.74, 6) is 0. The van der Waals surface area contributed by atoms with Crippen LogP contribution in [0, 0.1) is 13.8 Å². The highest BCUT2D eigenvalue weighted by Gasteiger charge is 2.21. The van der Waals surface area contributed by atoms with Crippen molar-refractivity contribution in [2.24, 2.45) is 7.05 Å². The summed E-state index contributed by atoms with van der Waals surface area (Å²) < 4.78 is 28.9. The molecule has 2 rings (SSSR count). The van der Waals surface area contributed by atoms with Gasteiger partial charge in [0, 0.05) is 12.1 Å². The fourth-order valence-electron chi connectivity index (χ4n) is 1.80. The Kier molecular flexibility index (Phi) is 4.00. The maximum atomic E-state index is 12.4. The van der Waals surface area contributed by atoms with Crippen LogP contribution in [0.25, 0.3) is 0 Å². The molecule has 20 heavy (non-hydrogen) atoms. The van der Waals surface area contributed by atoms with Crippen molar-refractivity contribution < 1.29 is 8.42 Å². The third kappa shape index (κ3) is 2.77. The van der Waals surface area contributed by atoms with Crippen LogP contribution in [-0.2, 0) is 17.1 Å². The van der Waals surface area contributed by atoms with Crippen molar-refractivity contribution >= 4 is 38.9 Å². The first-order valence-corrected chi connectivity index (χ1v) is 7.94. The molecule has 0 saturated carbocycles. The van der Waals surface area contributed by atoms with E-state index >= 15 is 0 Å². The number of hydrogen-bond acceptors (Lipinski definition) is 3. The van der Waals surface area contributed by atoms with E-state index in [9.17, 15) is 8.42 Å². The molecule has 2 aromatic rings. The first-order valence-electron chi connectivity index (χ1n) is 5.70. The number of hydrogen-bond donors (Lipinski definition) is 1. The lowest BCUT2D eigenvalue weighted by Crippen LogP contribution is -2.14. The van der Waals surface area contributed by atoms with Crippen LogP contribution in [-0.4, -0.2) is 18.2 Å². The zero-order chi connectivity index (χ0) is 15.1. The van der Waals surface area contributed by atoms with E-state index in [1.165, 1.54) is 18.2 Å². The molecule has 8 heteroatoms. The minimum atomic E-state index is -3.79. The summed E-state index contributed by atoms with van der Waals surface area (Å²) in [6.45, 7) is 3.51. The van der Waals surface area contributed by atoms with Crippen molar-refractivity contribution in [2.45, 2.75) is 18.7 Å². The number of sulfonamides is 1. The molecule has 108 valence electrons. The maximum absolute atomic E-state index is 12.4. The third-order valence-corrected chi connectivity index (χ3v) is 5.00. The predicted molar refractivity (Wildman–Crippen MR) is 80.0 cm³/mol. The van der Waals surface area contributed by atoms with Crippen LogP contribution in [0.1, 0.15) is 11.4 Å². The van der Waals surface area contributed by atoms with Crippen molar-refractivity contribution in [1.29, 1.82) is 0 Å². The lowest BCUT2D eigenvalue weighted by Gasteiger charge is -2.10. The highest BCUT2D eigenvalue weighted by Crippen LogP contribution is 2.28. The van der Waals surface area contributed by atoms with Gasteiger partial charge in [-0.1, -0.05) is 23.2 Å². The Morgan fingerprint density at radius 1 is 1.25 bits per heavy atom. The van der Waals surface area contributed by atoms with E-state index in [2.05, 4.69) is 9.82 Å². The summed E-state index contributed by atoms with van der Waals surface area (Å²) >= 11 is 11.7. The number of aryl methyl sites for hydroxylation is 2. The smallest absolute Gasteiger partial charge is 0.263 e. The average Bonchev–Trinajstić information content (AvgIpc) is 2.55. The Bertz CT molecular complexity index is 769. The van der Waals surface area contributed by atoms with Crippen molar-refractivity contribution in [3.8, 4) is 0 Å². The Morgan fingerprint density at radius 2 is 1.90 bits per heavy atom. The fourth-order valence-corrected chi connectivity index (χ4v) is 3.75. The summed E-state index contributed by atoms with van der Waals surface area (Å²) in [5, 5.41) is 4.61. The molecule has 5 nitrogen and oxygen atoms in total. The lowest BCUT2D eigenvalue weighted by molar-refractivity contribution is 0.601. The molecule has 0 unspecified atom stereocenters. The van der Waals surface area contributed by atoms with Crippen LogP contribution < -0.4 is 4.72 Å².